The first-order chi connectivity index (χ1) is 15.6. The van der Waals surface area contributed by atoms with Gasteiger partial charge in [0.05, 0.1) is 27.5 Å². The number of aromatic nitrogens is 4. The highest BCUT2D eigenvalue weighted by Crippen LogP contribution is 2.29. The number of halogens is 1. The van der Waals surface area contributed by atoms with Gasteiger partial charge in [-0.2, -0.15) is 0 Å². The summed E-state index contributed by atoms with van der Waals surface area (Å²) in [5.41, 5.74) is 4.92. The summed E-state index contributed by atoms with van der Waals surface area (Å²) in [7, 11) is 0. The molecule has 0 aliphatic heterocycles. The largest absolute Gasteiger partial charge is 0.324 e. The molecule has 2 heterocycles. The number of hydrogen-bond donors (Lipinski definition) is 1. The molecule has 0 aliphatic rings. The maximum absolute atomic E-state index is 12.6. The van der Waals surface area contributed by atoms with Crippen molar-refractivity contribution in [2.75, 3.05) is 11.1 Å². The van der Waals surface area contributed by atoms with Crippen LogP contribution in [-0.4, -0.2) is 31.2 Å². The molecule has 0 bridgehead atoms. The van der Waals surface area contributed by atoms with Crippen molar-refractivity contribution >= 4 is 51.6 Å². The third kappa shape index (κ3) is 3.92. The van der Waals surface area contributed by atoms with Crippen LogP contribution in [0.15, 0.2) is 77.8 Å². The summed E-state index contributed by atoms with van der Waals surface area (Å²) in [5, 5.41) is 12.9. The standard InChI is InChI=1S/C24H18ClN5OS/c1-15-11-12-18(17(25)13-15)26-21(31)14-32-24-23-29-28-22(16-7-3-2-4-8-16)30(23)20-10-6-5-9-19(20)27-24/h2-13H,14H2,1H3,(H,26,31). The van der Waals surface area contributed by atoms with Crippen LogP contribution in [0.4, 0.5) is 5.69 Å². The molecule has 8 heteroatoms. The smallest absolute Gasteiger partial charge is 0.234 e. The Labute approximate surface area is 193 Å². The summed E-state index contributed by atoms with van der Waals surface area (Å²) >= 11 is 7.56. The van der Waals surface area contributed by atoms with E-state index in [1.165, 1.54) is 11.8 Å². The van der Waals surface area contributed by atoms with Crippen molar-refractivity contribution in [2.45, 2.75) is 11.9 Å². The molecule has 3 aromatic carbocycles. The van der Waals surface area contributed by atoms with Gasteiger partial charge in [0.2, 0.25) is 5.91 Å². The van der Waals surface area contributed by atoms with E-state index in [9.17, 15) is 4.79 Å². The molecule has 0 unspecified atom stereocenters. The fourth-order valence-electron chi connectivity index (χ4n) is 3.47. The highest BCUT2D eigenvalue weighted by Gasteiger charge is 2.17. The number of amides is 1. The lowest BCUT2D eigenvalue weighted by molar-refractivity contribution is -0.113. The van der Waals surface area contributed by atoms with Crippen molar-refractivity contribution in [2.24, 2.45) is 0 Å². The summed E-state index contributed by atoms with van der Waals surface area (Å²) in [6.07, 6.45) is 0. The Balaban J connectivity index is 1.48. The van der Waals surface area contributed by atoms with E-state index < -0.39 is 0 Å². The van der Waals surface area contributed by atoms with Gasteiger partial charge in [-0.05, 0) is 36.8 Å². The van der Waals surface area contributed by atoms with Crippen LogP contribution in [0.2, 0.25) is 5.02 Å². The SMILES string of the molecule is Cc1ccc(NC(=O)CSc2nc3ccccc3n3c(-c4ccccc4)nnc23)c(Cl)c1. The first-order valence-electron chi connectivity index (χ1n) is 9.98. The molecule has 32 heavy (non-hydrogen) atoms. The Morgan fingerprint density at radius 3 is 2.62 bits per heavy atom. The Kier molecular flexibility index (Phi) is 5.51. The lowest BCUT2D eigenvalue weighted by atomic mass is 10.2. The number of carbonyl (C=O) groups excluding carboxylic acids is 1. The van der Waals surface area contributed by atoms with E-state index in [4.69, 9.17) is 16.6 Å². The van der Waals surface area contributed by atoms with E-state index in [0.29, 0.717) is 21.4 Å². The predicted molar refractivity (Wildman–Crippen MR) is 129 cm³/mol. The number of fused-ring (bicyclic) bond motifs is 3. The second-order valence-corrected chi connectivity index (χ2v) is 8.65. The van der Waals surface area contributed by atoms with E-state index in [-0.39, 0.29) is 11.7 Å². The number of thioether (sulfide) groups is 1. The molecular formula is C24H18ClN5OS. The van der Waals surface area contributed by atoms with E-state index in [1.807, 2.05) is 78.1 Å². The molecule has 0 saturated carbocycles. The maximum atomic E-state index is 12.6. The van der Waals surface area contributed by atoms with Crippen molar-refractivity contribution in [3.8, 4) is 11.4 Å². The molecule has 6 nitrogen and oxygen atoms in total. The fourth-order valence-corrected chi connectivity index (χ4v) is 4.52. The van der Waals surface area contributed by atoms with Crippen molar-refractivity contribution in [3.05, 3.63) is 83.4 Å². The quantitative estimate of drug-likeness (QED) is 0.344. The molecule has 0 spiro atoms. The maximum Gasteiger partial charge on any atom is 0.234 e. The molecule has 158 valence electrons. The van der Waals surface area contributed by atoms with Gasteiger partial charge in [0, 0.05) is 5.56 Å². The van der Waals surface area contributed by atoms with Crippen LogP contribution in [0.3, 0.4) is 0 Å². The molecule has 0 radical (unpaired) electrons. The number of nitrogens with zero attached hydrogens (tertiary/aromatic N) is 4. The number of para-hydroxylation sites is 2. The lowest BCUT2D eigenvalue weighted by Gasteiger charge is -2.10. The molecule has 0 fully saturated rings. The molecular weight excluding hydrogens is 442 g/mol. The Morgan fingerprint density at radius 2 is 1.81 bits per heavy atom. The van der Waals surface area contributed by atoms with E-state index >= 15 is 0 Å². The summed E-state index contributed by atoms with van der Waals surface area (Å²) in [5.74, 6) is 0.729. The number of anilines is 1. The monoisotopic (exact) mass is 459 g/mol. The topological polar surface area (TPSA) is 72.2 Å². The predicted octanol–water partition coefficient (Wildman–Crippen LogP) is 5.64. The zero-order valence-corrected chi connectivity index (χ0v) is 18.7. The van der Waals surface area contributed by atoms with Gasteiger partial charge >= 0.3 is 0 Å². The number of nitrogens with one attached hydrogen (secondary N) is 1. The van der Waals surface area contributed by atoms with E-state index in [0.717, 1.165) is 28.0 Å². The van der Waals surface area contributed by atoms with E-state index in [1.54, 1.807) is 6.07 Å². The Bertz CT molecular complexity index is 1450. The van der Waals surface area contributed by atoms with Crippen LogP contribution in [0, 0.1) is 6.92 Å². The van der Waals surface area contributed by atoms with Gasteiger partial charge in [0.1, 0.15) is 5.03 Å². The van der Waals surface area contributed by atoms with Gasteiger partial charge < -0.3 is 5.32 Å². The first kappa shape index (κ1) is 20.5. The lowest BCUT2D eigenvalue weighted by Crippen LogP contribution is -2.14. The van der Waals surface area contributed by atoms with Gasteiger partial charge in [-0.3, -0.25) is 9.20 Å². The van der Waals surface area contributed by atoms with Crippen molar-refractivity contribution in [1.29, 1.82) is 0 Å². The number of carbonyl (C=O) groups is 1. The first-order valence-corrected chi connectivity index (χ1v) is 11.3. The Hall–Kier alpha value is -3.42. The Morgan fingerprint density at radius 1 is 1.03 bits per heavy atom. The highest BCUT2D eigenvalue weighted by molar-refractivity contribution is 8.00. The number of benzene rings is 3. The highest BCUT2D eigenvalue weighted by atomic mass is 35.5. The molecule has 0 saturated heterocycles. The average molecular weight is 460 g/mol. The fraction of sp³-hybridized carbons (Fsp3) is 0.0833. The molecule has 2 aromatic heterocycles. The van der Waals surface area contributed by atoms with Crippen LogP contribution >= 0.6 is 23.4 Å². The molecule has 1 N–H and O–H groups in total. The summed E-state index contributed by atoms with van der Waals surface area (Å²) < 4.78 is 1.99. The zero-order valence-electron chi connectivity index (χ0n) is 17.1. The third-order valence-corrected chi connectivity index (χ3v) is 6.24. The van der Waals surface area contributed by atoms with Gasteiger partial charge in [0.25, 0.3) is 0 Å². The minimum Gasteiger partial charge on any atom is -0.324 e. The number of rotatable bonds is 5. The molecule has 0 atom stereocenters. The summed E-state index contributed by atoms with van der Waals surface area (Å²) in [6.45, 7) is 1.95. The molecule has 1 amide bonds. The van der Waals surface area contributed by atoms with Crippen LogP contribution in [-0.2, 0) is 4.79 Å². The summed E-state index contributed by atoms with van der Waals surface area (Å²) in [4.78, 5) is 17.3. The third-order valence-electron chi connectivity index (χ3n) is 4.97. The van der Waals surface area contributed by atoms with Gasteiger partial charge in [0.15, 0.2) is 11.5 Å². The number of hydrogen-bond acceptors (Lipinski definition) is 5. The number of aryl methyl sites for hydroxylation is 1. The van der Waals surface area contributed by atoms with Crippen LogP contribution in [0.1, 0.15) is 5.56 Å². The zero-order chi connectivity index (χ0) is 22.1. The van der Waals surface area contributed by atoms with Crippen LogP contribution < -0.4 is 5.32 Å². The van der Waals surface area contributed by atoms with Crippen LogP contribution in [0.25, 0.3) is 28.1 Å². The van der Waals surface area contributed by atoms with Gasteiger partial charge in [-0.15, -0.1) is 10.2 Å². The summed E-state index contributed by atoms with van der Waals surface area (Å²) in [6, 6.07) is 23.3. The second-order valence-electron chi connectivity index (χ2n) is 7.27. The van der Waals surface area contributed by atoms with Crippen molar-refractivity contribution in [1.82, 2.24) is 19.6 Å². The average Bonchev–Trinajstić information content (AvgIpc) is 3.26. The van der Waals surface area contributed by atoms with Crippen molar-refractivity contribution in [3.63, 3.8) is 0 Å². The van der Waals surface area contributed by atoms with E-state index in [2.05, 4.69) is 15.5 Å². The van der Waals surface area contributed by atoms with Crippen molar-refractivity contribution < 1.29 is 4.79 Å². The minimum absolute atomic E-state index is 0.165. The van der Waals surface area contributed by atoms with Gasteiger partial charge in [-0.25, -0.2) is 4.98 Å². The molecule has 5 aromatic rings. The molecule has 0 aliphatic carbocycles. The van der Waals surface area contributed by atoms with Crippen LogP contribution in [0.5, 0.6) is 0 Å². The minimum atomic E-state index is -0.170. The second kappa shape index (κ2) is 8.61. The van der Waals surface area contributed by atoms with Gasteiger partial charge in [-0.1, -0.05) is 71.9 Å². The normalized spacial score (nSPS) is 11.2. The molecule has 5 rings (SSSR count).